The Labute approximate surface area is 165 Å². The van der Waals surface area contributed by atoms with Crippen molar-refractivity contribution in [3.63, 3.8) is 0 Å². The van der Waals surface area contributed by atoms with Crippen molar-refractivity contribution in [3.8, 4) is 5.75 Å². The summed E-state index contributed by atoms with van der Waals surface area (Å²) in [5.74, 6) is 1.24. The number of carbonyl (C=O) groups is 1. The Morgan fingerprint density at radius 3 is 2.69 bits per heavy atom. The summed E-state index contributed by atoms with van der Waals surface area (Å²) in [5.41, 5.74) is 2.92. The summed E-state index contributed by atoms with van der Waals surface area (Å²) in [6.45, 7) is 1.42. The number of thiophene rings is 1. The molecule has 1 fully saturated rings. The fraction of sp³-hybridized carbons (Fsp3) is 0.316. The van der Waals surface area contributed by atoms with Gasteiger partial charge in [-0.15, -0.1) is 11.3 Å². The molecule has 0 bridgehead atoms. The van der Waals surface area contributed by atoms with E-state index in [1.54, 1.807) is 13.2 Å². The van der Waals surface area contributed by atoms with E-state index in [0.717, 1.165) is 24.1 Å². The van der Waals surface area contributed by atoms with Crippen molar-refractivity contribution in [2.75, 3.05) is 20.2 Å². The van der Waals surface area contributed by atoms with E-state index in [9.17, 15) is 4.79 Å². The van der Waals surface area contributed by atoms with E-state index in [2.05, 4.69) is 17.2 Å². The lowest BCUT2D eigenvalue weighted by Crippen LogP contribution is -2.37. The van der Waals surface area contributed by atoms with Crippen LogP contribution in [0.3, 0.4) is 0 Å². The molecule has 1 aromatic carbocycles. The van der Waals surface area contributed by atoms with Crippen molar-refractivity contribution < 1.29 is 9.53 Å². The molecule has 1 aliphatic heterocycles. The number of ether oxygens (including phenoxy) is 1. The Balaban J connectivity index is 1.50. The number of nitrogens with zero attached hydrogens (tertiary/aromatic N) is 1. The second-order valence-electron chi connectivity index (χ2n) is 6.46. The molecule has 3 aromatic rings. The van der Waals surface area contributed by atoms with Crippen molar-refractivity contribution >= 4 is 51.3 Å². The molecule has 0 unspecified atom stereocenters. The number of H-pyrrole nitrogens is 1. The van der Waals surface area contributed by atoms with E-state index in [0.29, 0.717) is 33.2 Å². The Hall–Kier alpha value is -1.69. The van der Waals surface area contributed by atoms with E-state index in [1.807, 2.05) is 17.0 Å². The van der Waals surface area contributed by atoms with Crippen LogP contribution in [0.1, 0.15) is 34.7 Å². The minimum absolute atomic E-state index is 0.0304. The highest BCUT2D eigenvalue weighted by atomic mass is 35.5. The molecule has 0 atom stereocenters. The number of piperidine rings is 1. The average molecular weight is 409 g/mol. The summed E-state index contributed by atoms with van der Waals surface area (Å²) in [6, 6.07) is 7.74. The molecule has 0 saturated carbocycles. The minimum atomic E-state index is -0.0304. The van der Waals surface area contributed by atoms with Crippen LogP contribution < -0.4 is 4.74 Å². The van der Waals surface area contributed by atoms with Gasteiger partial charge in [0.15, 0.2) is 0 Å². The van der Waals surface area contributed by atoms with E-state index >= 15 is 0 Å². The third-order valence-electron chi connectivity index (χ3n) is 5.03. The Morgan fingerprint density at radius 2 is 2.04 bits per heavy atom. The molecule has 4 rings (SSSR count). The van der Waals surface area contributed by atoms with Gasteiger partial charge in [0.05, 0.1) is 17.0 Å². The van der Waals surface area contributed by atoms with Gasteiger partial charge in [-0.2, -0.15) is 0 Å². The molecular weight excluding hydrogens is 391 g/mol. The van der Waals surface area contributed by atoms with Crippen LogP contribution >= 0.6 is 34.5 Å². The zero-order valence-electron chi connectivity index (χ0n) is 14.2. The van der Waals surface area contributed by atoms with Crippen molar-refractivity contribution in [2.45, 2.75) is 18.8 Å². The molecule has 1 amide bonds. The van der Waals surface area contributed by atoms with Crippen molar-refractivity contribution in [1.82, 2.24) is 9.88 Å². The Morgan fingerprint density at radius 1 is 1.27 bits per heavy atom. The van der Waals surface area contributed by atoms with Gasteiger partial charge in [-0.05, 0) is 48.6 Å². The monoisotopic (exact) mass is 408 g/mol. The number of rotatable bonds is 3. The number of carbonyl (C=O) groups excluding carboxylic acids is 1. The fourth-order valence-electron chi connectivity index (χ4n) is 3.64. The van der Waals surface area contributed by atoms with Gasteiger partial charge in [-0.1, -0.05) is 23.2 Å². The fourth-order valence-corrected chi connectivity index (χ4v) is 5.08. The average Bonchev–Trinajstić information content (AvgIpc) is 3.23. The summed E-state index contributed by atoms with van der Waals surface area (Å²) < 4.78 is 6.36. The normalized spacial score (nSPS) is 15.6. The van der Waals surface area contributed by atoms with Crippen molar-refractivity contribution in [1.29, 1.82) is 0 Å². The molecule has 1 saturated heterocycles. The first-order valence-electron chi connectivity index (χ1n) is 8.46. The highest BCUT2D eigenvalue weighted by Gasteiger charge is 2.27. The number of likely N-dealkylation sites (tertiary alicyclic amines) is 1. The molecule has 3 heterocycles. The van der Waals surface area contributed by atoms with Crippen LogP contribution in [0.25, 0.3) is 10.9 Å². The highest BCUT2D eigenvalue weighted by molar-refractivity contribution is 7.20. The van der Waals surface area contributed by atoms with Crippen LogP contribution in [0.15, 0.2) is 30.5 Å². The van der Waals surface area contributed by atoms with E-state index in [1.165, 1.54) is 22.3 Å². The first kappa shape index (κ1) is 17.7. The standard InChI is InChI=1S/C19H18Cl2N2O2S/c1-25-12-2-3-16-13(8-12)15(10-22-16)11-4-6-23(7-5-11)19(24)14-9-17(20)26-18(14)21/h2-3,8-11,22H,4-7H2,1H3. The summed E-state index contributed by atoms with van der Waals surface area (Å²) >= 11 is 13.3. The lowest BCUT2D eigenvalue weighted by atomic mass is 9.89. The molecule has 1 aliphatic rings. The van der Waals surface area contributed by atoms with Crippen molar-refractivity contribution in [3.05, 3.63) is 50.3 Å². The maximum Gasteiger partial charge on any atom is 0.256 e. The molecule has 26 heavy (non-hydrogen) atoms. The lowest BCUT2D eigenvalue weighted by Gasteiger charge is -2.32. The smallest absolute Gasteiger partial charge is 0.256 e. The SMILES string of the molecule is COc1ccc2[nH]cc(C3CCN(C(=O)c4cc(Cl)sc4Cl)CC3)c2c1. The predicted molar refractivity (Wildman–Crippen MR) is 107 cm³/mol. The molecule has 0 aliphatic carbocycles. The minimum Gasteiger partial charge on any atom is -0.497 e. The quantitative estimate of drug-likeness (QED) is 0.615. The molecule has 0 radical (unpaired) electrons. The predicted octanol–water partition coefficient (Wildman–Crippen LogP) is 5.56. The zero-order chi connectivity index (χ0) is 18.3. The number of aromatic nitrogens is 1. The van der Waals surface area contributed by atoms with Gasteiger partial charge >= 0.3 is 0 Å². The van der Waals surface area contributed by atoms with Crippen LogP contribution in [-0.4, -0.2) is 36.0 Å². The summed E-state index contributed by atoms with van der Waals surface area (Å²) in [4.78, 5) is 17.9. The van der Waals surface area contributed by atoms with Crippen molar-refractivity contribution in [2.24, 2.45) is 0 Å². The third-order valence-corrected chi connectivity index (χ3v) is 6.52. The number of methoxy groups -OCH3 is 1. The van der Waals surface area contributed by atoms with Gasteiger partial charge in [-0.3, -0.25) is 4.79 Å². The topological polar surface area (TPSA) is 45.3 Å². The number of aromatic amines is 1. The van der Waals surface area contributed by atoms with Gasteiger partial charge in [-0.25, -0.2) is 0 Å². The molecular formula is C19H18Cl2N2O2S. The van der Waals surface area contributed by atoms with Crippen LogP contribution in [0.5, 0.6) is 5.75 Å². The zero-order valence-corrected chi connectivity index (χ0v) is 16.5. The van der Waals surface area contributed by atoms with Gasteiger partial charge in [0.2, 0.25) is 0 Å². The van der Waals surface area contributed by atoms with E-state index in [-0.39, 0.29) is 5.91 Å². The maximum atomic E-state index is 12.7. The number of halogens is 2. The lowest BCUT2D eigenvalue weighted by molar-refractivity contribution is 0.0714. The second-order valence-corrected chi connectivity index (χ2v) is 8.75. The molecule has 136 valence electrons. The number of hydrogen-bond acceptors (Lipinski definition) is 3. The van der Waals surface area contributed by atoms with E-state index < -0.39 is 0 Å². The van der Waals surface area contributed by atoms with Crippen LogP contribution in [0, 0.1) is 0 Å². The first-order chi connectivity index (χ1) is 12.6. The summed E-state index contributed by atoms with van der Waals surface area (Å²) in [5, 5.41) is 1.20. The molecule has 0 spiro atoms. The van der Waals surface area contributed by atoms with E-state index in [4.69, 9.17) is 27.9 Å². The summed E-state index contributed by atoms with van der Waals surface area (Å²) in [6.07, 6.45) is 3.93. The maximum absolute atomic E-state index is 12.7. The van der Waals surface area contributed by atoms with Gasteiger partial charge in [0.1, 0.15) is 10.1 Å². The van der Waals surface area contributed by atoms with Crippen LogP contribution in [0.2, 0.25) is 8.67 Å². The molecule has 4 nitrogen and oxygen atoms in total. The largest absolute Gasteiger partial charge is 0.497 e. The third kappa shape index (κ3) is 3.20. The summed E-state index contributed by atoms with van der Waals surface area (Å²) in [7, 11) is 1.68. The number of benzene rings is 1. The molecule has 1 N–H and O–H groups in total. The first-order valence-corrected chi connectivity index (χ1v) is 10.0. The number of hydrogen-bond donors (Lipinski definition) is 1. The van der Waals surface area contributed by atoms with Gasteiger partial charge in [0.25, 0.3) is 5.91 Å². The van der Waals surface area contributed by atoms with Gasteiger partial charge in [0, 0.05) is 30.2 Å². The second kappa shape index (κ2) is 7.14. The number of fused-ring (bicyclic) bond motifs is 1. The Kier molecular flexibility index (Phi) is 4.86. The number of nitrogens with one attached hydrogen (secondary N) is 1. The van der Waals surface area contributed by atoms with Crippen LogP contribution in [0.4, 0.5) is 0 Å². The molecule has 7 heteroatoms. The molecule has 2 aromatic heterocycles. The van der Waals surface area contributed by atoms with Crippen LogP contribution in [-0.2, 0) is 0 Å². The number of amides is 1. The van der Waals surface area contributed by atoms with Gasteiger partial charge < -0.3 is 14.6 Å². The highest BCUT2D eigenvalue weighted by Crippen LogP contribution is 2.36. The Bertz CT molecular complexity index is 958.